The molecule has 0 amide bonds. The molecule has 0 radical (unpaired) electrons. The van der Waals surface area contributed by atoms with Crippen LogP contribution in [0.5, 0.6) is 11.5 Å². The molecule has 0 saturated heterocycles. The van der Waals surface area contributed by atoms with Crippen LogP contribution in [0, 0.1) is 11.3 Å². The minimum Gasteiger partial charge on any atom is -0.493 e. The zero-order chi connectivity index (χ0) is 18.4. The van der Waals surface area contributed by atoms with Gasteiger partial charge in [0.1, 0.15) is 6.61 Å². The highest BCUT2D eigenvalue weighted by Gasteiger charge is 2.53. The first-order valence-electron chi connectivity index (χ1n) is 9.83. The number of fused-ring (bicyclic) bond motifs is 3. The lowest BCUT2D eigenvalue weighted by atomic mass is 9.57. The monoisotopic (exact) mass is 350 g/mol. The number of rotatable bonds is 4. The van der Waals surface area contributed by atoms with Crippen molar-refractivity contribution in [1.82, 2.24) is 0 Å². The van der Waals surface area contributed by atoms with Gasteiger partial charge in [0.15, 0.2) is 11.5 Å². The van der Waals surface area contributed by atoms with E-state index >= 15 is 0 Å². The smallest absolute Gasteiger partial charge is 0.164 e. The molecule has 2 heteroatoms. The summed E-state index contributed by atoms with van der Waals surface area (Å²) in [4.78, 5) is 0. The van der Waals surface area contributed by atoms with Crippen molar-refractivity contribution in [3.63, 3.8) is 0 Å². The topological polar surface area (TPSA) is 18.5 Å². The van der Waals surface area contributed by atoms with Gasteiger partial charge in [-0.2, -0.15) is 0 Å². The first-order chi connectivity index (χ1) is 12.5. The van der Waals surface area contributed by atoms with Gasteiger partial charge in [-0.1, -0.05) is 63.6 Å². The zero-order valence-corrected chi connectivity index (χ0v) is 16.5. The molecule has 138 valence electrons. The molecule has 2 atom stereocenters. The molecule has 2 aromatic carbocycles. The van der Waals surface area contributed by atoms with Crippen molar-refractivity contribution in [3.8, 4) is 11.5 Å². The molecule has 1 fully saturated rings. The molecule has 0 aliphatic heterocycles. The van der Waals surface area contributed by atoms with E-state index in [1.807, 2.05) is 18.2 Å². The predicted octanol–water partition coefficient (Wildman–Crippen LogP) is 5.91. The van der Waals surface area contributed by atoms with E-state index in [-0.39, 0.29) is 5.41 Å². The summed E-state index contributed by atoms with van der Waals surface area (Å²) in [6.07, 6.45) is 5.01. The van der Waals surface area contributed by atoms with Gasteiger partial charge in [0.25, 0.3) is 0 Å². The summed E-state index contributed by atoms with van der Waals surface area (Å²) in [5.74, 6) is 2.51. The molecule has 0 unspecified atom stereocenters. The van der Waals surface area contributed by atoms with E-state index in [1.54, 1.807) is 7.11 Å². The van der Waals surface area contributed by atoms with Crippen LogP contribution < -0.4 is 9.47 Å². The van der Waals surface area contributed by atoms with Gasteiger partial charge in [0.2, 0.25) is 0 Å². The van der Waals surface area contributed by atoms with E-state index < -0.39 is 0 Å². The van der Waals surface area contributed by atoms with E-state index in [0.29, 0.717) is 17.9 Å². The summed E-state index contributed by atoms with van der Waals surface area (Å²) in [5.41, 5.74) is 4.61. The third-order valence-electron chi connectivity index (χ3n) is 6.87. The Bertz CT molecular complexity index is 793. The summed E-state index contributed by atoms with van der Waals surface area (Å²) in [7, 11) is 1.79. The van der Waals surface area contributed by atoms with Crippen LogP contribution in [0.4, 0.5) is 0 Å². The Balaban J connectivity index is 1.70. The Hall–Kier alpha value is -1.96. The molecular weight excluding hydrogens is 320 g/mol. The molecule has 0 aromatic heterocycles. The molecule has 0 heterocycles. The maximum atomic E-state index is 6.19. The molecule has 26 heavy (non-hydrogen) atoms. The van der Waals surface area contributed by atoms with Crippen LogP contribution in [0.3, 0.4) is 0 Å². The van der Waals surface area contributed by atoms with Gasteiger partial charge in [-0.3, -0.25) is 0 Å². The average molecular weight is 351 g/mol. The van der Waals surface area contributed by atoms with Crippen LogP contribution in [-0.2, 0) is 18.4 Å². The minimum atomic E-state index is 0.189. The first kappa shape index (κ1) is 17.5. The molecule has 2 aromatic rings. The standard InChI is InChI=1S/C24H30O2/c1-23(2)13-8-14-24(3)20(23)15-18-11-12-19(22(25-4)21(18)24)26-16-17-9-6-5-7-10-17/h5-7,9-12,20H,8,13-16H2,1-4H3/t20-,24+/m0/s1. The SMILES string of the molecule is COc1c(OCc2ccccc2)ccc2c1[C@]1(C)CCCC(C)(C)[C@@H]1C2. The fraction of sp³-hybridized carbons (Fsp3) is 0.500. The summed E-state index contributed by atoms with van der Waals surface area (Å²) < 4.78 is 12.1. The predicted molar refractivity (Wildman–Crippen MR) is 106 cm³/mol. The van der Waals surface area contributed by atoms with Crippen LogP contribution >= 0.6 is 0 Å². The number of ether oxygens (including phenoxy) is 2. The second-order valence-corrected chi connectivity index (χ2v) is 8.92. The maximum Gasteiger partial charge on any atom is 0.164 e. The van der Waals surface area contributed by atoms with Crippen molar-refractivity contribution < 1.29 is 9.47 Å². The van der Waals surface area contributed by atoms with Crippen molar-refractivity contribution in [2.24, 2.45) is 11.3 Å². The Morgan fingerprint density at radius 2 is 1.77 bits per heavy atom. The van der Waals surface area contributed by atoms with Crippen molar-refractivity contribution in [1.29, 1.82) is 0 Å². The van der Waals surface area contributed by atoms with Crippen LogP contribution in [0.15, 0.2) is 42.5 Å². The Morgan fingerprint density at radius 3 is 2.50 bits per heavy atom. The van der Waals surface area contributed by atoms with Crippen molar-refractivity contribution >= 4 is 0 Å². The maximum absolute atomic E-state index is 6.19. The molecule has 2 aliphatic carbocycles. The lowest BCUT2D eigenvalue weighted by Gasteiger charge is -2.48. The molecule has 1 saturated carbocycles. The van der Waals surface area contributed by atoms with E-state index in [9.17, 15) is 0 Å². The van der Waals surface area contributed by atoms with Gasteiger partial charge >= 0.3 is 0 Å². The summed E-state index contributed by atoms with van der Waals surface area (Å²) in [6, 6.07) is 14.7. The van der Waals surface area contributed by atoms with E-state index in [4.69, 9.17) is 9.47 Å². The molecule has 0 bridgehead atoms. The Kier molecular flexibility index (Phi) is 4.25. The molecule has 0 N–H and O–H groups in total. The summed E-state index contributed by atoms with van der Waals surface area (Å²) in [5, 5.41) is 0. The third kappa shape index (κ3) is 2.71. The highest BCUT2D eigenvalue weighted by molar-refractivity contribution is 5.57. The highest BCUT2D eigenvalue weighted by Crippen LogP contribution is 2.61. The number of hydrogen-bond acceptors (Lipinski definition) is 2. The largest absolute Gasteiger partial charge is 0.493 e. The van der Waals surface area contributed by atoms with Crippen LogP contribution in [0.2, 0.25) is 0 Å². The second kappa shape index (κ2) is 6.33. The van der Waals surface area contributed by atoms with Crippen molar-refractivity contribution in [2.45, 2.75) is 58.5 Å². The number of hydrogen-bond donors (Lipinski definition) is 0. The Labute approximate surface area is 157 Å². The molecular formula is C24H30O2. The fourth-order valence-corrected chi connectivity index (χ4v) is 5.59. The quantitative estimate of drug-likeness (QED) is 0.682. The van der Waals surface area contributed by atoms with Crippen molar-refractivity contribution in [2.75, 3.05) is 7.11 Å². The second-order valence-electron chi connectivity index (χ2n) is 8.92. The molecule has 4 rings (SSSR count). The van der Waals surface area contributed by atoms with Gasteiger partial charge in [-0.05, 0) is 47.8 Å². The molecule has 2 aliphatic rings. The summed E-state index contributed by atoms with van der Waals surface area (Å²) >= 11 is 0. The number of benzene rings is 2. The first-order valence-corrected chi connectivity index (χ1v) is 9.83. The van der Waals surface area contributed by atoms with E-state index in [2.05, 4.69) is 45.0 Å². The minimum absolute atomic E-state index is 0.189. The normalized spacial score (nSPS) is 26.1. The average Bonchev–Trinajstić information content (AvgIpc) is 2.95. The number of methoxy groups -OCH3 is 1. The lowest BCUT2D eigenvalue weighted by molar-refractivity contribution is 0.0689. The van der Waals surface area contributed by atoms with Gasteiger partial charge in [-0.25, -0.2) is 0 Å². The van der Waals surface area contributed by atoms with Gasteiger partial charge in [0, 0.05) is 11.0 Å². The molecule has 0 spiro atoms. The lowest BCUT2D eigenvalue weighted by Crippen LogP contribution is -2.42. The van der Waals surface area contributed by atoms with Gasteiger partial charge in [0.05, 0.1) is 7.11 Å². The third-order valence-corrected chi connectivity index (χ3v) is 6.87. The zero-order valence-electron chi connectivity index (χ0n) is 16.5. The van der Waals surface area contributed by atoms with Crippen LogP contribution in [-0.4, -0.2) is 7.11 Å². The van der Waals surface area contributed by atoms with Gasteiger partial charge < -0.3 is 9.47 Å². The Morgan fingerprint density at radius 1 is 1.00 bits per heavy atom. The van der Waals surface area contributed by atoms with Crippen molar-refractivity contribution in [3.05, 3.63) is 59.2 Å². The van der Waals surface area contributed by atoms with Gasteiger partial charge in [-0.15, -0.1) is 0 Å². The van der Waals surface area contributed by atoms with E-state index in [1.165, 1.54) is 36.0 Å². The summed E-state index contributed by atoms with van der Waals surface area (Å²) in [6.45, 7) is 7.91. The fourth-order valence-electron chi connectivity index (χ4n) is 5.59. The highest BCUT2D eigenvalue weighted by atomic mass is 16.5. The molecule has 2 nitrogen and oxygen atoms in total. The van der Waals surface area contributed by atoms with Crippen LogP contribution in [0.1, 0.15) is 56.7 Å². The van der Waals surface area contributed by atoms with Crippen LogP contribution in [0.25, 0.3) is 0 Å². The van der Waals surface area contributed by atoms with E-state index in [0.717, 1.165) is 17.9 Å².